The highest BCUT2D eigenvalue weighted by molar-refractivity contribution is 6.30. The van der Waals surface area contributed by atoms with E-state index >= 15 is 0 Å². The normalized spacial score (nSPS) is 19.3. The fourth-order valence-electron chi connectivity index (χ4n) is 2.78. The molecule has 0 heterocycles. The average molecular weight is 332 g/mol. The Morgan fingerprint density at radius 3 is 2.70 bits per heavy atom. The summed E-state index contributed by atoms with van der Waals surface area (Å²) in [4.78, 5) is 12.3. The fraction of sp³-hybridized carbons (Fsp3) is 0.278. The smallest absolute Gasteiger partial charge is 0.228 e. The Balaban J connectivity index is 1.65. The zero-order valence-electron chi connectivity index (χ0n) is 12.8. The Hall–Kier alpha value is -2.04. The van der Waals surface area contributed by atoms with Gasteiger partial charge in [-0.05, 0) is 48.2 Å². The predicted octanol–water partition coefficient (Wildman–Crippen LogP) is 3.58. The van der Waals surface area contributed by atoms with Crippen LogP contribution >= 0.6 is 11.6 Å². The first-order chi connectivity index (χ1) is 11.1. The van der Waals surface area contributed by atoms with Gasteiger partial charge in [0.05, 0.1) is 13.7 Å². The van der Waals surface area contributed by atoms with E-state index in [9.17, 15) is 9.90 Å². The van der Waals surface area contributed by atoms with Gasteiger partial charge in [0.2, 0.25) is 5.91 Å². The summed E-state index contributed by atoms with van der Waals surface area (Å²) in [6, 6.07) is 12.9. The molecule has 5 heteroatoms. The van der Waals surface area contributed by atoms with Gasteiger partial charge in [0.1, 0.15) is 5.75 Å². The Morgan fingerprint density at radius 2 is 2.04 bits per heavy atom. The lowest BCUT2D eigenvalue weighted by Crippen LogP contribution is -2.14. The Kier molecular flexibility index (Phi) is 4.55. The predicted molar refractivity (Wildman–Crippen MR) is 89.8 cm³/mol. The van der Waals surface area contributed by atoms with Crippen LogP contribution in [0.25, 0.3) is 0 Å². The summed E-state index contributed by atoms with van der Waals surface area (Å²) in [7, 11) is 1.55. The molecule has 1 saturated carbocycles. The Bertz CT molecular complexity index is 715. The first-order valence-corrected chi connectivity index (χ1v) is 7.84. The number of aliphatic hydroxyl groups excluding tert-OH is 1. The topological polar surface area (TPSA) is 58.6 Å². The van der Waals surface area contributed by atoms with Crippen molar-refractivity contribution in [2.45, 2.75) is 18.9 Å². The first-order valence-electron chi connectivity index (χ1n) is 7.46. The number of carbonyl (C=O) groups excluding carboxylic acids is 1. The number of rotatable bonds is 5. The van der Waals surface area contributed by atoms with Gasteiger partial charge < -0.3 is 15.2 Å². The van der Waals surface area contributed by atoms with Crippen molar-refractivity contribution in [1.82, 2.24) is 0 Å². The third kappa shape index (κ3) is 3.49. The highest BCUT2D eigenvalue weighted by Crippen LogP contribution is 2.48. The van der Waals surface area contributed by atoms with E-state index in [1.165, 1.54) is 0 Å². The summed E-state index contributed by atoms with van der Waals surface area (Å²) in [6.45, 7) is -0.135. The quantitative estimate of drug-likeness (QED) is 0.880. The number of anilines is 1. The number of ether oxygens (including phenoxy) is 1. The number of benzene rings is 2. The Morgan fingerprint density at radius 1 is 1.30 bits per heavy atom. The molecule has 3 rings (SSSR count). The maximum atomic E-state index is 12.3. The standard InChI is InChI=1S/C18H18ClNO3/c1-23-17-7-6-14(8-12(17)10-21)20-18(22)16-9-15(16)11-2-4-13(19)5-3-11/h2-8,15-16,21H,9-10H2,1H3,(H,20,22). The zero-order valence-corrected chi connectivity index (χ0v) is 13.5. The van der Waals surface area contributed by atoms with Gasteiger partial charge in [-0.1, -0.05) is 23.7 Å². The highest BCUT2D eigenvalue weighted by Gasteiger charge is 2.43. The number of hydrogen-bond donors (Lipinski definition) is 2. The second kappa shape index (κ2) is 6.60. The van der Waals surface area contributed by atoms with Gasteiger partial charge in [0, 0.05) is 22.2 Å². The molecule has 2 unspecified atom stereocenters. The molecule has 23 heavy (non-hydrogen) atoms. The SMILES string of the molecule is COc1ccc(NC(=O)C2CC2c2ccc(Cl)cc2)cc1CO. The van der Waals surface area contributed by atoms with Gasteiger partial charge >= 0.3 is 0 Å². The molecule has 1 aliphatic rings. The summed E-state index contributed by atoms with van der Waals surface area (Å²) in [5, 5.41) is 12.9. The maximum absolute atomic E-state index is 12.3. The molecule has 0 saturated heterocycles. The number of methoxy groups -OCH3 is 1. The molecule has 0 bridgehead atoms. The largest absolute Gasteiger partial charge is 0.496 e. The van der Waals surface area contributed by atoms with E-state index in [4.69, 9.17) is 16.3 Å². The lowest BCUT2D eigenvalue weighted by molar-refractivity contribution is -0.117. The minimum Gasteiger partial charge on any atom is -0.496 e. The van der Waals surface area contributed by atoms with Crippen LogP contribution in [-0.4, -0.2) is 18.1 Å². The molecule has 0 radical (unpaired) electrons. The molecule has 0 aliphatic heterocycles. The zero-order chi connectivity index (χ0) is 16.4. The number of carbonyl (C=O) groups is 1. The molecule has 2 atom stereocenters. The van der Waals surface area contributed by atoms with E-state index in [0.717, 1.165) is 12.0 Å². The van der Waals surface area contributed by atoms with E-state index in [1.807, 2.05) is 24.3 Å². The highest BCUT2D eigenvalue weighted by atomic mass is 35.5. The number of aliphatic hydroxyl groups is 1. The van der Waals surface area contributed by atoms with Crippen LogP contribution in [0.3, 0.4) is 0 Å². The summed E-state index contributed by atoms with van der Waals surface area (Å²) in [6.07, 6.45) is 0.844. The van der Waals surface area contributed by atoms with Gasteiger partial charge in [-0.2, -0.15) is 0 Å². The van der Waals surface area contributed by atoms with Gasteiger partial charge in [-0.25, -0.2) is 0 Å². The van der Waals surface area contributed by atoms with Crippen molar-refractivity contribution in [2.24, 2.45) is 5.92 Å². The first kappa shape index (κ1) is 15.8. The van der Waals surface area contributed by atoms with Crippen molar-refractivity contribution in [2.75, 3.05) is 12.4 Å². The van der Waals surface area contributed by atoms with Gasteiger partial charge in [-0.3, -0.25) is 4.79 Å². The van der Waals surface area contributed by atoms with Gasteiger partial charge in [-0.15, -0.1) is 0 Å². The maximum Gasteiger partial charge on any atom is 0.228 e. The number of halogens is 1. The molecular formula is C18H18ClNO3. The van der Waals surface area contributed by atoms with Crippen LogP contribution in [0.15, 0.2) is 42.5 Å². The van der Waals surface area contributed by atoms with Crippen LogP contribution in [0.4, 0.5) is 5.69 Å². The summed E-state index contributed by atoms with van der Waals surface area (Å²) >= 11 is 5.89. The lowest BCUT2D eigenvalue weighted by atomic mass is 10.1. The minimum atomic E-state index is -0.135. The number of nitrogens with one attached hydrogen (secondary N) is 1. The van der Waals surface area contributed by atoms with E-state index in [2.05, 4.69) is 5.32 Å². The molecule has 0 aromatic heterocycles. The minimum absolute atomic E-state index is 0.000920. The monoisotopic (exact) mass is 331 g/mol. The van der Waals surface area contributed by atoms with Crippen molar-refractivity contribution in [1.29, 1.82) is 0 Å². The average Bonchev–Trinajstić information content (AvgIpc) is 3.36. The fourth-order valence-corrected chi connectivity index (χ4v) is 2.90. The molecule has 4 nitrogen and oxygen atoms in total. The van der Waals surface area contributed by atoms with Crippen LogP contribution in [0.5, 0.6) is 5.75 Å². The number of hydrogen-bond acceptors (Lipinski definition) is 3. The van der Waals surface area contributed by atoms with Crippen molar-refractivity contribution in [3.05, 3.63) is 58.6 Å². The molecule has 0 spiro atoms. The molecule has 2 aromatic rings. The summed E-state index contributed by atoms with van der Waals surface area (Å²) < 4.78 is 5.16. The molecule has 1 aliphatic carbocycles. The number of amides is 1. The van der Waals surface area contributed by atoms with Crippen LogP contribution in [-0.2, 0) is 11.4 Å². The van der Waals surface area contributed by atoms with Crippen molar-refractivity contribution < 1.29 is 14.6 Å². The Labute approximate surface area is 140 Å². The molecule has 2 N–H and O–H groups in total. The second-order valence-electron chi connectivity index (χ2n) is 5.67. The van der Waals surface area contributed by atoms with Gasteiger partial charge in [0.25, 0.3) is 0 Å². The van der Waals surface area contributed by atoms with Crippen molar-refractivity contribution in [3.8, 4) is 5.75 Å². The molecule has 1 fully saturated rings. The molecule has 2 aromatic carbocycles. The van der Waals surface area contributed by atoms with E-state index in [0.29, 0.717) is 22.0 Å². The van der Waals surface area contributed by atoms with Crippen molar-refractivity contribution >= 4 is 23.2 Å². The van der Waals surface area contributed by atoms with Crippen molar-refractivity contribution in [3.63, 3.8) is 0 Å². The molecule has 120 valence electrons. The third-order valence-corrected chi connectivity index (χ3v) is 4.40. The summed E-state index contributed by atoms with van der Waals surface area (Å²) in [5.74, 6) is 0.841. The van der Waals surface area contributed by atoms with Crippen LogP contribution in [0.1, 0.15) is 23.5 Å². The van der Waals surface area contributed by atoms with Crippen LogP contribution < -0.4 is 10.1 Å². The van der Waals surface area contributed by atoms with E-state index in [-0.39, 0.29) is 24.3 Å². The van der Waals surface area contributed by atoms with E-state index < -0.39 is 0 Å². The van der Waals surface area contributed by atoms with Crippen LogP contribution in [0.2, 0.25) is 5.02 Å². The van der Waals surface area contributed by atoms with Gasteiger partial charge in [0.15, 0.2) is 0 Å². The molecule has 1 amide bonds. The molecular weight excluding hydrogens is 314 g/mol. The summed E-state index contributed by atoms with van der Waals surface area (Å²) in [5.41, 5.74) is 2.46. The third-order valence-electron chi connectivity index (χ3n) is 4.14. The van der Waals surface area contributed by atoms with E-state index in [1.54, 1.807) is 25.3 Å². The lowest BCUT2D eigenvalue weighted by Gasteiger charge is -2.10. The second-order valence-corrected chi connectivity index (χ2v) is 6.11. The van der Waals surface area contributed by atoms with Crippen LogP contribution in [0, 0.1) is 5.92 Å².